The normalized spacial score (nSPS) is 15.4. The van der Waals surface area contributed by atoms with Gasteiger partial charge in [0.1, 0.15) is 24.5 Å². The summed E-state index contributed by atoms with van der Waals surface area (Å²) in [5, 5.41) is 3.78. The van der Waals surface area contributed by atoms with E-state index in [1.165, 1.54) is 18.5 Å². The third-order valence-corrected chi connectivity index (χ3v) is 6.86. The average Bonchev–Trinajstić information content (AvgIpc) is 2.76. The van der Waals surface area contributed by atoms with Gasteiger partial charge in [-0.05, 0) is 47.8 Å². The van der Waals surface area contributed by atoms with Gasteiger partial charge in [0.05, 0.1) is 24.8 Å². The van der Waals surface area contributed by atoms with Gasteiger partial charge in [-0.3, -0.25) is 4.90 Å². The summed E-state index contributed by atoms with van der Waals surface area (Å²) < 4.78 is 21.4. The first-order chi connectivity index (χ1) is 14.9. The zero-order valence-corrected chi connectivity index (χ0v) is 20.5. The Hall–Kier alpha value is -1.46. The monoisotopic (exact) mass is 575 g/mol. The molecule has 1 saturated heterocycles. The SMILES string of the molecule is CN1CCN(CCOc2cc3ncnc(Nc4ccc(Cl)c(Cl)c4F)c3cc2I)CC1. The van der Waals surface area contributed by atoms with E-state index >= 15 is 0 Å². The first-order valence-electron chi connectivity index (χ1n) is 9.81. The minimum absolute atomic E-state index is 0.129. The minimum Gasteiger partial charge on any atom is -0.491 e. The van der Waals surface area contributed by atoms with Crippen LogP contribution in [0.3, 0.4) is 0 Å². The smallest absolute Gasteiger partial charge is 0.166 e. The molecule has 6 nitrogen and oxygen atoms in total. The van der Waals surface area contributed by atoms with Crippen molar-refractivity contribution in [1.29, 1.82) is 0 Å². The number of hydrogen-bond acceptors (Lipinski definition) is 6. The van der Waals surface area contributed by atoms with Crippen molar-refractivity contribution in [3.8, 4) is 5.75 Å². The lowest BCUT2D eigenvalue weighted by Gasteiger charge is -2.32. The van der Waals surface area contributed by atoms with Crippen LogP contribution < -0.4 is 10.1 Å². The molecule has 0 amide bonds. The summed E-state index contributed by atoms with van der Waals surface area (Å²) in [4.78, 5) is 13.4. The Morgan fingerprint density at radius 1 is 1.16 bits per heavy atom. The molecule has 0 spiro atoms. The van der Waals surface area contributed by atoms with E-state index in [1.54, 1.807) is 0 Å². The third kappa shape index (κ3) is 5.31. The summed E-state index contributed by atoms with van der Waals surface area (Å²) in [6.45, 7) is 5.77. The van der Waals surface area contributed by atoms with Crippen molar-refractivity contribution in [2.45, 2.75) is 0 Å². The van der Waals surface area contributed by atoms with Crippen LogP contribution in [0.15, 0.2) is 30.6 Å². The first kappa shape index (κ1) is 22.7. The fourth-order valence-electron chi connectivity index (χ4n) is 3.37. The molecule has 1 fully saturated rings. The van der Waals surface area contributed by atoms with Gasteiger partial charge in [0.2, 0.25) is 0 Å². The Bertz CT molecular complexity index is 1100. The minimum atomic E-state index is -0.625. The van der Waals surface area contributed by atoms with Crippen LogP contribution in [0.1, 0.15) is 0 Å². The maximum absolute atomic E-state index is 14.5. The van der Waals surface area contributed by atoms with Crippen molar-refractivity contribution < 1.29 is 9.13 Å². The van der Waals surface area contributed by atoms with Gasteiger partial charge < -0.3 is 15.0 Å². The molecule has 31 heavy (non-hydrogen) atoms. The Labute approximate surface area is 203 Å². The van der Waals surface area contributed by atoms with Crippen molar-refractivity contribution in [1.82, 2.24) is 19.8 Å². The Morgan fingerprint density at radius 2 is 1.94 bits per heavy atom. The van der Waals surface area contributed by atoms with Crippen LogP contribution in [0, 0.1) is 9.39 Å². The topological polar surface area (TPSA) is 53.5 Å². The molecule has 0 aliphatic carbocycles. The number of aromatic nitrogens is 2. The van der Waals surface area contributed by atoms with Gasteiger partial charge in [-0.15, -0.1) is 0 Å². The van der Waals surface area contributed by atoms with E-state index in [0.29, 0.717) is 17.9 Å². The molecule has 4 rings (SSSR count). The van der Waals surface area contributed by atoms with E-state index in [9.17, 15) is 4.39 Å². The van der Waals surface area contributed by atoms with Crippen LogP contribution in [0.25, 0.3) is 10.9 Å². The zero-order valence-electron chi connectivity index (χ0n) is 16.8. The molecule has 2 heterocycles. The number of fused-ring (bicyclic) bond motifs is 1. The Kier molecular flexibility index (Phi) is 7.33. The summed E-state index contributed by atoms with van der Waals surface area (Å²) in [6.07, 6.45) is 1.43. The van der Waals surface area contributed by atoms with Crippen molar-refractivity contribution in [2.75, 3.05) is 51.7 Å². The highest BCUT2D eigenvalue weighted by molar-refractivity contribution is 14.1. The number of likely N-dealkylation sites (N-methyl/N-ethyl adjacent to an activating group) is 1. The highest BCUT2D eigenvalue weighted by atomic mass is 127. The van der Waals surface area contributed by atoms with Crippen LogP contribution in [0.5, 0.6) is 5.75 Å². The zero-order chi connectivity index (χ0) is 22.0. The van der Waals surface area contributed by atoms with Crippen molar-refractivity contribution in [3.05, 3.63) is 50.0 Å². The predicted molar refractivity (Wildman–Crippen MR) is 131 cm³/mol. The van der Waals surface area contributed by atoms with Gasteiger partial charge >= 0.3 is 0 Å². The summed E-state index contributed by atoms with van der Waals surface area (Å²) >= 11 is 14.0. The molecule has 0 atom stereocenters. The standard InChI is InChI=1S/C21H21Cl2FIN5O/c1-29-4-6-30(7-5-29)8-9-31-18-11-17-13(10-15(18)25)21(27-12-26-17)28-16-3-2-14(22)19(23)20(16)24/h2-3,10-12H,4-9H2,1H3,(H,26,27,28). The van der Waals surface area contributed by atoms with E-state index in [-0.39, 0.29) is 15.7 Å². The van der Waals surface area contributed by atoms with Gasteiger partial charge in [0.25, 0.3) is 0 Å². The quantitative estimate of drug-likeness (QED) is 0.328. The number of benzene rings is 2. The van der Waals surface area contributed by atoms with E-state index in [0.717, 1.165) is 47.4 Å². The number of halogens is 4. The predicted octanol–water partition coefficient (Wildman–Crippen LogP) is 5.05. The molecule has 1 aliphatic rings. The summed E-state index contributed by atoms with van der Waals surface area (Å²) in [7, 11) is 2.15. The van der Waals surface area contributed by atoms with Crippen LogP contribution >= 0.6 is 45.8 Å². The molecule has 0 bridgehead atoms. The molecule has 0 radical (unpaired) electrons. The van der Waals surface area contributed by atoms with E-state index < -0.39 is 5.82 Å². The molecule has 0 saturated carbocycles. The van der Waals surface area contributed by atoms with Crippen molar-refractivity contribution in [2.24, 2.45) is 0 Å². The average molecular weight is 576 g/mol. The second kappa shape index (κ2) is 9.99. The maximum atomic E-state index is 14.5. The van der Waals surface area contributed by atoms with E-state index in [4.69, 9.17) is 27.9 Å². The fourth-order valence-corrected chi connectivity index (χ4v) is 4.31. The number of nitrogens with zero attached hydrogens (tertiary/aromatic N) is 4. The molecule has 1 aliphatic heterocycles. The summed E-state index contributed by atoms with van der Waals surface area (Å²) in [5.41, 5.74) is 0.893. The highest BCUT2D eigenvalue weighted by Crippen LogP contribution is 2.34. The van der Waals surface area contributed by atoms with Crippen LogP contribution in [-0.4, -0.2) is 66.1 Å². The van der Waals surface area contributed by atoms with Crippen molar-refractivity contribution >= 4 is 68.2 Å². The van der Waals surface area contributed by atoms with Gasteiger partial charge in [-0.25, -0.2) is 14.4 Å². The fraction of sp³-hybridized carbons (Fsp3) is 0.333. The molecule has 0 unspecified atom stereocenters. The Balaban J connectivity index is 1.50. The lowest BCUT2D eigenvalue weighted by atomic mass is 10.2. The lowest BCUT2D eigenvalue weighted by molar-refractivity contribution is 0.133. The molecule has 2 aromatic carbocycles. The van der Waals surface area contributed by atoms with Gasteiger partial charge in [-0.2, -0.15) is 0 Å². The number of rotatable bonds is 6. The lowest BCUT2D eigenvalue weighted by Crippen LogP contribution is -2.45. The number of anilines is 2. The molecule has 3 aromatic rings. The number of ether oxygens (including phenoxy) is 1. The van der Waals surface area contributed by atoms with Gasteiger partial charge in [0.15, 0.2) is 5.82 Å². The van der Waals surface area contributed by atoms with Crippen molar-refractivity contribution in [3.63, 3.8) is 0 Å². The van der Waals surface area contributed by atoms with Crippen LogP contribution in [0.2, 0.25) is 10.0 Å². The maximum Gasteiger partial charge on any atom is 0.166 e. The number of piperazine rings is 1. The highest BCUT2D eigenvalue weighted by Gasteiger charge is 2.16. The second-order valence-electron chi connectivity index (χ2n) is 7.36. The number of hydrogen-bond donors (Lipinski definition) is 1. The molecule has 1 N–H and O–H groups in total. The van der Waals surface area contributed by atoms with E-state index in [2.05, 4.69) is 54.7 Å². The van der Waals surface area contributed by atoms with E-state index in [1.807, 2.05) is 12.1 Å². The first-order valence-corrected chi connectivity index (χ1v) is 11.6. The molecular weight excluding hydrogens is 555 g/mol. The number of nitrogens with one attached hydrogen (secondary N) is 1. The molecule has 10 heteroatoms. The Morgan fingerprint density at radius 3 is 2.71 bits per heavy atom. The summed E-state index contributed by atoms with van der Waals surface area (Å²) in [5.74, 6) is 0.622. The molecular formula is C21H21Cl2FIN5O. The van der Waals surface area contributed by atoms with Gasteiger partial charge in [-0.1, -0.05) is 23.2 Å². The van der Waals surface area contributed by atoms with Crippen LogP contribution in [-0.2, 0) is 0 Å². The van der Waals surface area contributed by atoms with Gasteiger partial charge in [0, 0.05) is 44.2 Å². The third-order valence-electron chi connectivity index (χ3n) is 5.24. The van der Waals surface area contributed by atoms with Crippen LogP contribution in [0.4, 0.5) is 15.9 Å². The largest absolute Gasteiger partial charge is 0.491 e. The molecule has 1 aromatic heterocycles. The second-order valence-corrected chi connectivity index (χ2v) is 9.31. The molecule has 164 valence electrons. The summed E-state index contributed by atoms with van der Waals surface area (Å²) in [6, 6.07) is 6.88.